The van der Waals surface area contributed by atoms with Gasteiger partial charge in [-0.3, -0.25) is 9.52 Å². The predicted molar refractivity (Wildman–Crippen MR) is 107 cm³/mol. The molecule has 1 unspecified atom stereocenters. The van der Waals surface area contributed by atoms with Gasteiger partial charge in [0.05, 0.1) is 12.0 Å². The van der Waals surface area contributed by atoms with Gasteiger partial charge in [-0.05, 0) is 42.8 Å². The average Bonchev–Trinajstić information content (AvgIpc) is 2.63. The van der Waals surface area contributed by atoms with E-state index in [2.05, 4.69) is 10.0 Å². The molecule has 0 aliphatic carbocycles. The van der Waals surface area contributed by atoms with Crippen molar-refractivity contribution in [1.82, 2.24) is 5.32 Å². The van der Waals surface area contributed by atoms with Gasteiger partial charge in [0.2, 0.25) is 5.91 Å². The zero-order chi connectivity index (χ0) is 20.9. The molecule has 0 aliphatic heterocycles. The number of halogens is 1. The van der Waals surface area contributed by atoms with E-state index in [9.17, 15) is 18.0 Å². The number of sulfonamides is 1. The minimum Gasteiger partial charge on any atom is -0.467 e. The van der Waals surface area contributed by atoms with Crippen LogP contribution in [-0.2, 0) is 30.8 Å². The quantitative estimate of drug-likeness (QED) is 0.665. The minimum atomic E-state index is -3.78. The van der Waals surface area contributed by atoms with E-state index in [0.717, 1.165) is 5.56 Å². The van der Waals surface area contributed by atoms with Gasteiger partial charge in [0.1, 0.15) is 6.04 Å². The summed E-state index contributed by atoms with van der Waals surface area (Å²) in [6.07, 6.45) is 0.0468. The molecule has 0 spiro atoms. The molecule has 7 nitrogen and oxygen atoms in total. The van der Waals surface area contributed by atoms with Gasteiger partial charge in [0.25, 0.3) is 10.0 Å². The number of amides is 1. The van der Waals surface area contributed by atoms with Crippen molar-refractivity contribution in [3.05, 3.63) is 58.6 Å². The molecule has 0 saturated carbocycles. The molecule has 2 aromatic carbocycles. The summed E-state index contributed by atoms with van der Waals surface area (Å²) in [6.45, 7) is 3.14. The van der Waals surface area contributed by atoms with Crippen molar-refractivity contribution in [3.8, 4) is 0 Å². The third kappa shape index (κ3) is 5.71. The standard InChI is InChI=1S/C19H21ClN2O5S/c1-12-4-7-16(8-5-12)28(25,26)22-15-6-9-17(20)14(10-15)11-18(19(24)27-3)21-13(2)23/h4-10,18,22H,11H2,1-3H3,(H,21,23). The fourth-order valence-electron chi connectivity index (χ4n) is 2.53. The number of rotatable bonds is 7. The van der Waals surface area contributed by atoms with Gasteiger partial charge in [-0.2, -0.15) is 0 Å². The number of ether oxygens (including phenoxy) is 1. The number of benzene rings is 2. The first-order valence-electron chi connectivity index (χ1n) is 8.35. The summed E-state index contributed by atoms with van der Waals surface area (Å²) in [5.41, 5.74) is 1.71. The Labute approximate surface area is 169 Å². The largest absolute Gasteiger partial charge is 0.467 e. The lowest BCUT2D eigenvalue weighted by Gasteiger charge is -2.17. The van der Waals surface area contributed by atoms with Crippen LogP contribution in [0, 0.1) is 6.92 Å². The highest BCUT2D eigenvalue weighted by Crippen LogP contribution is 2.24. The van der Waals surface area contributed by atoms with Crippen LogP contribution in [0.15, 0.2) is 47.4 Å². The van der Waals surface area contributed by atoms with Crippen LogP contribution in [-0.4, -0.2) is 33.4 Å². The molecule has 0 aliphatic rings. The Hall–Kier alpha value is -2.58. The van der Waals surface area contributed by atoms with E-state index >= 15 is 0 Å². The molecule has 28 heavy (non-hydrogen) atoms. The van der Waals surface area contributed by atoms with E-state index in [4.69, 9.17) is 16.3 Å². The maximum Gasteiger partial charge on any atom is 0.328 e. The first-order chi connectivity index (χ1) is 13.1. The molecule has 2 N–H and O–H groups in total. The van der Waals surface area contributed by atoms with E-state index in [0.29, 0.717) is 10.6 Å². The number of carbonyl (C=O) groups is 2. The molecule has 0 heterocycles. The maximum absolute atomic E-state index is 12.6. The number of carbonyl (C=O) groups excluding carboxylic acids is 2. The van der Waals surface area contributed by atoms with Crippen LogP contribution in [0.4, 0.5) is 5.69 Å². The highest BCUT2D eigenvalue weighted by Gasteiger charge is 2.22. The minimum absolute atomic E-state index is 0.0468. The summed E-state index contributed by atoms with van der Waals surface area (Å²) in [5.74, 6) is -1.03. The van der Waals surface area contributed by atoms with E-state index in [1.54, 1.807) is 12.1 Å². The fourth-order valence-corrected chi connectivity index (χ4v) is 3.77. The normalized spacial score (nSPS) is 12.1. The first-order valence-corrected chi connectivity index (χ1v) is 10.2. The lowest BCUT2D eigenvalue weighted by atomic mass is 10.1. The van der Waals surface area contributed by atoms with Gasteiger partial charge in [0, 0.05) is 24.1 Å². The van der Waals surface area contributed by atoms with Crippen molar-refractivity contribution >= 4 is 39.2 Å². The first kappa shape index (κ1) is 21.7. The average molecular weight is 425 g/mol. The Kier molecular flexibility index (Phi) is 7.04. The number of hydrogen-bond acceptors (Lipinski definition) is 5. The number of hydrogen-bond donors (Lipinski definition) is 2. The second-order valence-electron chi connectivity index (χ2n) is 6.21. The van der Waals surface area contributed by atoms with Crippen molar-refractivity contribution in [3.63, 3.8) is 0 Å². The topological polar surface area (TPSA) is 102 Å². The Morgan fingerprint density at radius 2 is 1.79 bits per heavy atom. The summed E-state index contributed by atoms with van der Waals surface area (Å²) in [5, 5.41) is 2.83. The van der Waals surface area contributed by atoms with Crippen LogP contribution in [0.25, 0.3) is 0 Å². The molecule has 0 saturated heterocycles. The predicted octanol–water partition coefficient (Wildman–Crippen LogP) is 2.67. The molecule has 1 amide bonds. The van der Waals surface area contributed by atoms with Crippen LogP contribution < -0.4 is 10.0 Å². The van der Waals surface area contributed by atoms with E-state index < -0.39 is 27.9 Å². The second-order valence-corrected chi connectivity index (χ2v) is 8.29. The van der Waals surface area contributed by atoms with Crippen LogP contribution in [0.5, 0.6) is 0 Å². The zero-order valence-electron chi connectivity index (χ0n) is 15.7. The SMILES string of the molecule is COC(=O)C(Cc1cc(NS(=O)(=O)c2ccc(C)cc2)ccc1Cl)NC(C)=O. The zero-order valence-corrected chi connectivity index (χ0v) is 17.2. The van der Waals surface area contributed by atoms with Gasteiger partial charge in [-0.25, -0.2) is 13.2 Å². The summed E-state index contributed by atoms with van der Waals surface area (Å²) in [4.78, 5) is 23.4. The monoisotopic (exact) mass is 424 g/mol. The number of methoxy groups -OCH3 is 1. The molecule has 0 radical (unpaired) electrons. The third-order valence-corrected chi connectivity index (χ3v) is 5.68. The molecule has 1 atom stereocenters. The molecular weight excluding hydrogens is 404 g/mol. The molecule has 9 heteroatoms. The van der Waals surface area contributed by atoms with Gasteiger partial charge in [-0.1, -0.05) is 29.3 Å². The van der Waals surface area contributed by atoms with Crippen molar-refractivity contribution in [1.29, 1.82) is 0 Å². The van der Waals surface area contributed by atoms with E-state index in [1.165, 1.54) is 44.4 Å². The number of anilines is 1. The second kappa shape index (κ2) is 9.07. The van der Waals surface area contributed by atoms with Crippen LogP contribution in [0.3, 0.4) is 0 Å². The Bertz CT molecular complexity index is 974. The molecule has 2 rings (SSSR count). The van der Waals surface area contributed by atoms with Crippen LogP contribution in [0.1, 0.15) is 18.1 Å². The summed E-state index contributed by atoms with van der Waals surface area (Å²) >= 11 is 6.19. The Morgan fingerprint density at radius 3 is 2.36 bits per heavy atom. The van der Waals surface area contributed by atoms with Crippen LogP contribution in [0.2, 0.25) is 5.02 Å². The Morgan fingerprint density at radius 1 is 1.14 bits per heavy atom. The highest BCUT2D eigenvalue weighted by atomic mass is 35.5. The van der Waals surface area contributed by atoms with Gasteiger partial charge in [-0.15, -0.1) is 0 Å². The summed E-state index contributed by atoms with van der Waals surface area (Å²) in [6, 6.07) is 10.0. The molecule has 0 fully saturated rings. The summed E-state index contributed by atoms with van der Waals surface area (Å²) in [7, 11) is -2.57. The molecular formula is C19H21ClN2O5S. The lowest BCUT2D eigenvalue weighted by molar-refractivity contribution is -0.144. The van der Waals surface area contributed by atoms with Crippen molar-refractivity contribution < 1.29 is 22.7 Å². The number of aryl methyl sites for hydroxylation is 1. The van der Waals surface area contributed by atoms with Crippen LogP contribution >= 0.6 is 11.6 Å². The van der Waals surface area contributed by atoms with Crippen molar-refractivity contribution in [2.75, 3.05) is 11.8 Å². The molecule has 2 aromatic rings. The third-order valence-electron chi connectivity index (χ3n) is 3.92. The van der Waals surface area contributed by atoms with Gasteiger partial charge < -0.3 is 10.1 Å². The van der Waals surface area contributed by atoms with Crippen molar-refractivity contribution in [2.24, 2.45) is 0 Å². The van der Waals surface area contributed by atoms with E-state index in [1.807, 2.05) is 6.92 Å². The maximum atomic E-state index is 12.6. The van der Waals surface area contributed by atoms with E-state index in [-0.39, 0.29) is 17.0 Å². The van der Waals surface area contributed by atoms with Gasteiger partial charge in [0.15, 0.2) is 0 Å². The lowest BCUT2D eigenvalue weighted by Crippen LogP contribution is -2.42. The van der Waals surface area contributed by atoms with Crippen molar-refractivity contribution in [2.45, 2.75) is 31.2 Å². The molecule has 0 aromatic heterocycles. The summed E-state index contributed by atoms with van der Waals surface area (Å²) < 4.78 is 32.3. The molecule has 150 valence electrons. The smallest absolute Gasteiger partial charge is 0.328 e. The Balaban J connectivity index is 2.28. The number of esters is 1. The fraction of sp³-hybridized carbons (Fsp3) is 0.263. The molecule has 0 bridgehead atoms. The number of nitrogens with one attached hydrogen (secondary N) is 2. The highest BCUT2D eigenvalue weighted by molar-refractivity contribution is 7.92. The van der Waals surface area contributed by atoms with Gasteiger partial charge >= 0.3 is 5.97 Å².